The van der Waals surface area contributed by atoms with E-state index in [0.29, 0.717) is 12.2 Å². The predicted octanol–water partition coefficient (Wildman–Crippen LogP) is 2.24. The van der Waals surface area contributed by atoms with E-state index in [1.54, 1.807) is 39.1 Å². The fourth-order valence-corrected chi connectivity index (χ4v) is 1.16. The van der Waals surface area contributed by atoms with Crippen LogP contribution >= 0.6 is 11.6 Å². The highest BCUT2D eigenvalue weighted by Crippen LogP contribution is 2.20. The molecule has 1 aromatic heterocycles. The van der Waals surface area contributed by atoms with E-state index in [1.807, 2.05) is 0 Å². The standard InChI is InChI=1S/C11H14ClNO3.C2H4O2/c1-11(2,3)16-9(14)7-15-8-5-4-6-13-10(8)12;1-4-2-3/h4-6H,7H2,1-3H3;2H,1H3. The number of carbonyl (C=O) groups is 2. The van der Waals surface area contributed by atoms with Gasteiger partial charge in [0.15, 0.2) is 17.5 Å². The summed E-state index contributed by atoms with van der Waals surface area (Å²) in [6.45, 7) is 5.58. The molecule has 0 aliphatic carbocycles. The number of pyridine rings is 1. The van der Waals surface area contributed by atoms with Crippen molar-refractivity contribution in [3.8, 4) is 5.75 Å². The lowest BCUT2D eigenvalue weighted by molar-refractivity contribution is -0.157. The highest BCUT2D eigenvalue weighted by molar-refractivity contribution is 6.30. The molecule has 112 valence electrons. The van der Waals surface area contributed by atoms with Crippen molar-refractivity contribution in [2.24, 2.45) is 0 Å². The lowest BCUT2D eigenvalue weighted by Crippen LogP contribution is -2.27. The molecule has 0 N–H and O–H groups in total. The van der Waals surface area contributed by atoms with E-state index in [9.17, 15) is 4.79 Å². The summed E-state index contributed by atoms with van der Waals surface area (Å²) < 4.78 is 14.1. The van der Waals surface area contributed by atoms with E-state index in [0.717, 1.165) is 0 Å². The lowest BCUT2D eigenvalue weighted by Gasteiger charge is -2.19. The highest BCUT2D eigenvalue weighted by atomic mass is 35.5. The number of ether oxygens (including phenoxy) is 3. The molecule has 6 nitrogen and oxygen atoms in total. The first-order valence-electron chi connectivity index (χ1n) is 5.71. The summed E-state index contributed by atoms with van der Waals surface area (Å²) in [5.41, 5.74) is -0.515. The molecule has 0 aromatic carbocycles. The maximum Gasteiger partial charge on any atom is 0.344 e. The third-order valence-electron chi connectivity index (χ3n) is 1.59. The van der Waals surface area contributed by atoms with Crippen molar-refractivity contribution in [2.75, 3.05) is 13.7 Å². The Kier molecular flexibility index (Phi) is 8.31. The van der Waals surface area contributed by atoms with Crippen LogP contribution < -0.4 is 4.74 Å². The second-order valence-corrected chi connectivity index (χ2v) is 4.86. The van der Waals surface area contributed by atoms with Gasteiger partial charge in [0.1, 0.15) is 5.60 Å². The molecule has 0 saturated carbocycles. The van der Waals surface area contributed by atoms with E-state index >= 15 is 0 Å². The van der Waals surface area contributed by atoms with Crippen molar-refractivity contribution in [3.05, 3.63) is 23.5 Å². The first kappa shape index (κ1) is 18.2. The third kappa shape index (κ3) is 9.16. The first-order chi connectivity index (χ1) is 9.30. The van der Waals surface area contributed by atoms with Crippen molar-refractivity contribution in [1.82, 2.24) is 4.98 Å². The van der Waals surface area contributed by atoms with Crippen LogP contribution in [0.25, 0.3) is 0 Å². The van der Waals surface area contributed by atoms with Crippen molar-refractivity contribution in [1.29, 1.82) is 0 Å². The van der Waals surface area contributed by atoms with Gasteiger partial charge in [-0.15, -0.1) is 0 Å². The Morgan fingerprint density at radius 3 is 2.50 bits per heavy atom. The lowest BCUT2D eigenvalue weighted by atomic mass is 10.2. The summed E-state index contributed by atoms with van der Waals surface area (Å²) in [5, 5.41) is 0.228. The average molecular weight is 304 g/mol. The molecule has 1 rings (SSSR count). The zero-order valence-electron chi connectivity index (χ0n) is 11.9. The van der Waals surface area contributed by atoms with Gasteiger partial charge in [-0.3, -0.25) is 4.79 Å². The van der Waals surface area contributed by atoms with Crippen LogP contribution in [0.4, 0.5) is 0 Å². The molecule has 0 fully saturated rings. The molecule has 0 saturated heterocycles. The fraction of sp³-hybridized carbons (Fsp3) is 0.462. The van der Waals surface area contributed by atoms with Gasteiger partial charge >= 0.3 is 5.97 Å². The van der Waals surface area contributed by atoms with Crippen LogP contribution in [0.3, 0.4) is 0 Å². The molecule has 20 heavy (non-hydrogen) atoms. The van der Waals surface area contributed by atoms with Crippen molar-refractivity contribution in [2.45, 2.75) is 26.4 Å². The molecule has 0 unspecified atom stereocenters. The molecule has 0 atom stereocenters. The van der Waals surface area contributed by atoms with E-state index in [2.05, 4.69) is 9.72 Å². The molecule has 0 bridgehead atoms. The quantitative estimate of drug-likeness (QED) is 0.482. The summed E-state index contributed by atoms with van der Waals surface area (Å²) >= 11 is 5.75. The molecule has 0 amide bonds. The maximum absolute atomic E-state index is 11.3. The summed E-state index contributed by atoms with van der Waals surface area (Å²) in [5.74, 6) is -0.0672. The topological polar surface area (TPSA) is 74.7 Å². The van der Waals surface area contributed by atoms with Gasteiger partial charge in [0, 0.05) is 6.20 Å². The number of hydrogen-bond acceptors (Lipinski definition) is 6. The van der Waals surface area contributed by atoms with Gasteiger partial charge in [-0.05, 0) is 32.9 Å². The van der Waals surface area contributed by atoms with E-state index < -0.39 is 11.6 Å². The second kappa shape index (κ2) is 9.14. The van der Waals surface area contributed by atoms with Crippen molar-refractivity contribution in [3.63, 3.8) is 0 Å². The number of hydrogen-bond donors (Lipinski definition) is 0. The Morgan fingerprint density at radius 1 is 1.45 bits per heavy atom. The molecule has 1 aromatic rings. The summed E-state index contributed by atoms with van der Waals surface area (Å²) in [6.07, 6.45) is 1.54. The molecule has 0 spiro atoms. The maximum atomic E-state index is 11.3. The molecule has 0 aliphatic rings. The number of aromatic nitrogens is 1. The SMILES string of the molecule is CC(C)(C)OC(=O)COc1cccnc1Cl.COC=O. The smallest absolute Gasteiger partial charge is 0.344 e. The Morgan fingerprint density at radius 2 is 2.05 bits per heavy atom. The third-order valence-corrected chi connectivity index (χ3v) is 1.87. The van der Waals surface area contributed by atoms with Crippen LogP contribution in [0.2, 0.25) is 5.15 Å². The van der Waals surface area contributed by atoms with Crippen LogP contribution in [0.1, 0.15) is 20.8 Å². The van der Waals surface area contributed by atoms with Crippen LogP contribution in [0.15, 0.2) is 18.3 Å². The van der Waals surface area contributed by atoms with Gasteiger partial charge in [-0.25, -0.2) is 9.78 Å². The molecular formula is C13H18ClNO5. The van der Waals surface area contributed by atoms with Crippen LogP contribution in [-0.4, -0.2) is 36.7 Å². The fourth-order valence-electron chi connectivity index (χ4n) is 0.987. The molecule has 0 aliphatic heterocycles. The monoisotopic (exact) mass is 303 g/mol. The summed E-state index contributed by atoms with van der Waals surface area (Å²) in [6, 6.07) is 3.32. The van der Waals surface area contributed by atoms with Gasteiger partial charge in [-0.1, -0.05) is 11.6 Å². The Bertz CT molecular complexity index is 431. The van der Waals surface area contributed by atoms with E-state index in [-0.39, 0.29) is 11.8 Å². The average Bonchev–Trinajstić information content (AvgIpc) is 2.36. The highest BCUT2D eigenvalue weighted by Gasteiger charge is 2.16. The van der Waals surface area contributed by atoms with E-state index in [4.69, 9.17) is 25.9 Å². The number of halogens is 1. The minimum Gasteiger partial charge on any atom is -0.479 e. The number of methoxy groups -OCH3 is 1. The summed E-state index contributed by atoms with van der Waals surface area (Å²) in [7, 11) is 1.31. The first-order valence-corrected chi connectivity index (χ1v) is 6.09. The number of carbonyl (C=O) groups excluding carboxylic acids is 2. The molecule has 1 heterocycles. The van der Waals surface area contributed by atoms with Crippen LogP contribution in [0.5, 0.6) is 5.75 Å². The van der Waals surface area contributed by atoms with Crippen molar-refractivity contribution < 1.29 is 23.8 Å². The zero-order chi connectivity index (χ0) is 15.6. The second-order valence-electron chi connectivity index (χ2n) is 4.50. The number of rotatable bonds is 4. The predicted molar refractivity (Wildman–Crippen MR) is 73.7 cm³/mol. The molecule has 7 heteroatoms. The zero-order valence-corrected chi connectivity index (χ0v) is 12.6. The van der Waals surface area contributed by atoms with Gasteiger partial charge in [0.2, 0.25) is 0 Å². The number of nitrogens with zero attached hydrogens (tertiary/aromatic N) is 1. The molecule has 0 radical (unpaired) electrons. The Hall–Kier alpha value is -1.82. The molecular weight excluding hydrogens is 286 g/mol. The van der Waals surface area contributed by atoms with Crippen LogP contribution in [0, 0.1) is 0 Å². The minimum atomic E-state index is -0.515. The van der Waals surface area contributed by atoms with Crippen LogP contribution in [-0.2, 0) is 19.1 Å². The minimum absolute atomic E-state index is 0.178. The van der Waals surface area contributed by atoms with Gasteiger partial charge in [0.05, 0.1) is 7.11 Å². The number of esters is 1. The van der Waals surface area contributed by atoms with Gasteiger partial charge < -0.3 is 14.2 Å². The van der Waals surface area contributed by atoms with Gasteiger partial charge in [-0.2, -0.15) is 0 Å². The normalized spacial score (nSPS) is 9.85. The van der Waals surface area contributed by atoms with Gasteiger partial charge in [0.25, 0.3) is 6.47 Å². The largest absolute Gasteiger partial charge is 0.479 e. The van der Waals surface area contributed by atoms with E-state index in [1.165, 1.54) is 7.11 Å². The van der Waals surface area contributed by atoms with Crippen molar-refractivity contribution >= 4 is 24.0 Å². The Balaban J connectivity index is 0.000000796. The Labute approximate surface area is 123 Å². The summed E-state index contributed by atoms with van der Waals surface area (Å²) in [4.78, 5) is 24.1.